The predicted molar refractivity (Wildman–Crippen MR) is 192 cm³/mol. The third-order valence-electron chi connectivity index (χ3n) is 8.38. The van der Waals surface area contributed by atoms with Crippen LogP contribution in [0.15, 0.2) is 24.8 Å². The fourth-order valence-electron chi connectivity index (χ4n) is 6.12. The van der Waals surface area contributed by atoms with Crippen LogP contribution in [0.3, 0.4) is 0 Å². The Morgan fingerprint density at radius 3 is 2.18 bits per heavy atom. The number of benzene rings is 1. The molecule has 0 radical (unpaired) electrons. The van der Waals surface area contributed by atoms with Crippen LogP contribution in [-0.4, -0.2) is 48.3 Å². The van der Waals surface area contributed by atoms with Gasteiger partial charge in [-0.3, -0.25) is 4.79 Å². The Morgan fingerprint density at radius 2 is 1.68 bits per heavy atom. The number of hydrogen-bond acceptors (Lipinski definition) is 5. The Morgan fingerprint density at radius 1 is 1.09 bits per heavy atom. The summed E-state index contributed by atoms with van der Waals surface area (Å²) in [5, 5.41) is 5.17. The van der Waals surface area contributed by atoms with E-state index in [0.29, 0.717) is 11.1 Å². The summed E-state index contributed by atoms with van der Waals surface area (Å²) in [5.41, 5.74) is 4.25. The van der Waals surface area contributed by atoms with Crippen LogP contribution in [0, 0.1) is 6.92 Å². The highest BCUT2D eigenvalue weighted by Crippen LogP contribution is 2.34. The summed E-state index contributed by atoms with van der Waals surface area (Å²) in [6.45, 7) is 20.9. The van der Waals surface area contributed by atoms with Gasteiger partial charge in [-0.1, -0.05) is 71.1 Å². The van der Waals surface area contributed by atoms with Gasteiger partial charge >= 0.3 is 0 Å². The molecule has 1 saturated carbocycles. The number of carbonyl (C=O) groups excluding carboxylic acids is 1. The van der Waals surface area contributed by atoms with Crippen molar-refractivity contribution in [3.63, 3.8) is 0 Å². The van der Waals surface area contributed by atoms with E-state index in [1.807, 2.05) is 44.6 Å². The van der Waals surface area contributed by atoms with Gasteiger partial charge in [-0.05, 0) is 89.8 Å². The van der Waals surface area contributed by atoms with E-state index in [2.05, 4.69) is 42.2 Å². The summed E-state index contributed by atoms with van der Waals surface area (Å²) >= 11 is 6.23. The second-order valence-electron chi connectivity index (χ2n) is 11.5. The normalized spacial score (nSPS) is 14.6. The summed E-state index contributed by atoms with van der Waals surface area (Å²) in [7, 11) is 3.75. The van der Waals surface area contributed by atoms with Crippen LogP contribution in [0.25, 0.3) is 0 Å². The fourth-order valence-corrected chi connectivity index (χ4v) is 6.33. The number of anilines is 2. The topological polar surface area (TPSA) is 50.6 Å². The average Bonchev–Trinajstić information content (AvgIpc) is 3.38. The lowest BCUT2D eigenvalue weighted by Crippen LogP contribution is -2.37. The zero-order chi connectivity index (χ0) is 33.1. The van der Waals surface area contributed by atoms with Crippen molar-refractivity contribution in [2.45, 2.75) is 132 Å². The van der Waals surface area contributed by atoms with Gasteiger partial charge in [0.1, 0.15) is 5.82 Å². The van der Waals surface area contributed by atoms with Crippen molar-refractivity contribution in [2.75, 3.05) is 36.5 Å². The van der Waals surface area contributed by atoms with Crippen LogP contribution in [0.4, 0.5) is 11.5 Å². The Labute approximate surface area is 275 Å². The molecule has 0 bridgehead atoms. The molecular weight excluding hydrogens is 568 g/mol. The van der Waals surface area contributed by atoms with E-state index in [1.165, 1.54) is 75.6 Å². The van der Waals surface area contributed by atoms with Gasteiger partial charge in [-0.2, -0.15) is 0 Å². The van der Waals surface area contributed by atoms with Crippen LogP contribution < -0.4 is 14.5 Å². The molecule has 1 aromatic heterocycles. The summed E-state index contributed by atoms with van der Waals surface area (Å²) in [4.78, 5) is 16.7. The SMILES string of the molecule is C=CCC.CC.CCCCc1c(OC)nn(C)c1N1CCCCC1.CCN(c1cc(Cl)cc(C(C)=O)c1C)C1CCCCC1. The summed E-state index contributed by atoms with van der Waals surface area (Å²) in [6, 6.07) is 4.39. The van der Waals surface area contributed by atoms with E-state index in [-0.39, 0.29) is 5.78 Å². The van der Waals surface area contributed by atoms with Crippen molar-refractivity contribution >= 4 is 28.9 Å². The predicted octanol–water partition coefficient (Wildman–Crippen LogP) is 10.4. The van der Waals surface area contributed by atoms with Gasteiger partial charge in [0.25, 0.3) is 0 Å². The maximum Gasteiger partial charge on any atom is 0.237 e. The number of allylic oxidation sites excluding steroid dienone is 1. The third kappa shape index (κ3) is 11.8. The van der Waals surface area contributed by atoms with E-state index in [1.54, 1.807) is 20.1 Å². The highest BCUT2D eigenvalue weighted by molar-refractivity contribution is 6.31. The molecule has 1 aromatic carbocycles. The molecular formula is C37H63ClN4O2. The zero-order valence-corrected chi connectivity index (χ0v) is 30.4. The monoisotopic (exact) mass is 630 g/mol. The zero-order valence-electron chi connectivity index (χ0n) is 29.6. The first-order chi connectivity index (χ1) is 21.2. The van der Waals surface area contributed by atoms with Crippen LogP contribution in [0.1, 0.15) is 134 Å². The summed E-state index contributed by atoms with van der Waals surface area (Å²) in [6.07, 6.45) is 16.8. The number of ketones is 1. The molecule has 2 aliphatic rings. The molecule has 44 heavy (non-hydrogen) atoms. The minimum Gasteiger partial charge on any atom is -0.480 e. The number of methoxy groups -OCH3 is 1. The van der Waals surface area contributed by atoms with Crippen molar-refractivity contribution in [1.29, 1.82) is 0 Å². The third-order valence-corrected chi connectivity index (χ3v) is 8.60. The van der Waals surface area contributed by atoms with Crippen LogP contribution in [-0.2, 0) is 13.5 Å². The lowest BCUT2D eigenvalue weighted by atomic mass is 9.92. The number of nitrogens with zero attached hydrogens (tertiary/aromatic N) is 4. The minimum atomic E-state index is 0.0888. The van der Waals surface area contributed by atoms with E-state index < -0.39 is 0 Å². The maximum absolute atomic E-state index is 11.8. The number of halogens is 1. The first kappa shape index (κ1) is 39.6. The van der Waals surface area contributed by atoms with Gasteiger partial charge in [0, 0.05) is 49.0 Å². The Bertz CT molecular complexity index is 1100. The van der Waals surface area contributed by atoms with Crippen LogP contribution in [0.2, 0.25) is 5.02 Å². The van der Waals surface area contributed by atoms with Gasteiger partial charge < -0.3 is 14.5 Å². The van der Waals surface area contributed by atoms with Crippen LogP contribution in [0.5, 0.6) is 5.88 Å². The van der Waals surface area contributed by atoms with Gasteiger partial charge in [0.2, 0.25) is 5.88 Å². The number of Topliss-reactive ketones (excluding diaryl/α,β-unsaturated/α-hetero) is 1. The van der Waals surface area contributed by atoms with Gasteiger partial charge in [0.15, 0.2) is 5.78 Å². The lowest BCUT2D eigenvalue weighted by Gasteiger charge is -2.36. The first-order valence-corrected chi connectivity index (χ1v) is 17.6. The number of rotatable bonds is 10. The summed E-state index contributed by atoms with van der Waals surface area (Å²) in [5.74, 6) is 2.18. The molecule has 0 spiro atoms. The van der Waals surface area contributed by atoms with Crippen molar-refractivity contribution in [3.8, 4) is 5.88 Å². The number of aromatic nitrogens is 2. The fraction of sp³-hybridized carbons (Fsp3) is 0.676. The molecule has 6 nitrogen and oxygen atoms in total. The maximum atomic E-state index is 11.8. The number of ether oxygens (including phenoxy) is 1. The van der Waals surface area contributed by atoms with Gasteiger partial charge in [-0.25, -0.2) is 4.68 Å². The van der Waals surface area contributed by atoms with Gasteiger partial charge in [-0.15, -0.1) is 11.7 Å². The quantitative estimate of drug-likeness (QED) is 0.193. The standard InChI is InChI=1S/C17H24ClNO.C14H25N3O.C4H8.C2H6/c1-4-19(15-8-6-5-7-9-15)17-11-14(18)10-16(12(17)2)13(3)20;1-4-5-9-12-13(18-3)15-16(2)14(12)17-10-7-6-8-11-17;1-3-4-2;1-2/h10-11,15H,4-9H2,1-3H3;4-11H2,1-3H3;3H,1,4H2,2H3;1-2H3. The molecule has 0 N–H and O–H groups in total. The molecule has 1 aliphatic heterocycles. The van der Waals surface area contributed by atoms with E-state index in [0.717, 1.165) is 55.2 Å². The number of aryl methyl sites for hydroxylation is 1. The Hall–Kier alpha value is -2.47. The largest absolute Gasteiger partial charge is 0.480 e. The highest BCUT2D eigenvalue weighted by atomic mass is 35.5. The van der Waals surface area contributed by atoms with Crippen molar-refractivity contribution < 1.29 is 9.53 Å². The first-order valence-electron chi connectivity index (χ1n) is 17.3. The van der Waals surface area contributed by atoms with E-state index in [9.17, 15) is 4.79 Å². The van der Waals surface area contributed by atoms with Gasteiger partial charge in [0.05, 0.1) is 12.7 Å². The molecule has 4 rings (SSSR count). The second kappa shape index (κ2) is 22.1. The smallest absolute Gasteiger partial charge is 0.237 e. The van der Waals surface area contributed by atoms with Crippen molar-refractivity contribution in [3.05, 3.63) is 46.5 Å². The van der Waals surface area contributed by atoms with Crippen molar-refractivity contribution in [1.82, 2.24) is 9.78 Å². The molecule has 0 unspecified atom stereocenters. The Balaban J connectivity index is 0.000000375. The number of piperidine rings is 1. The van der Waals surface area contributed by atoms with Crippen molar-refractivity contribution in [2.24, 2.45) is 7.05 Å². The Kier molecular flexibility index (Phi) is 19.9. The molecule has 2 heterocycles. The highest BCUT2D eigenvalue weighted by Gasteiger charge is 2.24. The molecule has 0 atom stereocenters. The molecule has 7 heteroatoms. The van der Waals surface area contributed by atoms with Crippen LogP contribution >= 0.6 is 11.6 Å². The lowest BCUT2D eigenvalue weighted by molar-refractivity contribution is 0.101. The average molecular weight is 631 g/mol. The second-order valence-corrected chi connectivity index (χ2v) is 12.0. The number of hydrogen-bond donors (Lipinski definition) is 0. The summed E-state index contributed by atoms with van der Waals surface area (Å²) < 4.78 is 7.43. The molecule has 2 aromatic rings. The number of carbonyl (C=O) groups is 1. The van der Waals surface area contributed by atoms with E-state index >= 15 is 0 Å². The van der Waals surface area contributed by atoms with E-state index in [4.69, 9.17) is 16.3 Å². The molecule has 1 aliphatic carbocycles. The molecule has 2 fully saturated rings. The minimum absolute atomic E-state index is 0.0888. The molecule has 0 amide bonds. The molecule has 250 valence electrons. The number of unbranched alkanes of at least 4 members (excludes halogenated alkanes) is 1. The molecule has 1 saturated heterocycles.